The molecule has 1 aliphatic rings. The molecule has 2 heterocycles. The van der Waals surface area contributed by atoms with Crippen LogP contribution in [0.5, 0.6) is 0 Å². The van der Waals surface area contributed by atoms with E-state index in [0.29, 0.717) is 29.9 Å². The Labute approximate surface area is 120 Å². The van der Waals surface area contributed by atoms with Crippen molar-refractivity contribution >= 4 is 23.2 Å². The summed E-state index contributed by atoms with van der Waals surface area (Å²) < 4.78 is 19.5. The number of nitrogens with one attached hydrogen (secondary N) is 1. The van der Waals surface area contributed by atoms with Gasteiger partial charge in [-0.05, 0) is 42.7 Å². The maximum absolute atomic E-state index is 14.2. The number of carbonyl (C=O) groups is 1. The molecule has 3 nitrogen and oxygen atoms in total. The Morgan fingerprint density at radius 3 is 2.90 bits per heavy atom. The summed E-state index contributed by atoms with van der Waals surface area (Å²) in [5.74, 6) is 0.0149. The third-order valence-electron chi connectivity index (χ3n) is 3.52. The van der Waals surface area contributed by atoms with Gasteiger partial charge in [-0.2, -0.15) is 0 Å². The lowest BCUT2D eigenvalue weighted by Gasteiger charge is -2.19. The molecule has 1 N–H and O–H groups in total. The maximum atomic E-state index is 14.2. The van der Waals surface area contributed by atoms with Crippen LogP contribution in [0.1, 0.15) is 34.2 Å². The molecule has 1 amide bonds. The molecule has 0 aliphatic carbocycles. The average molecular weight is 294 g/mol. The molecule has 0 bridgehead atoms. The van der Waals surface area contributed by atoms with Gasteiger partial charge >= 0.3 is 0 Å². The lowest BCUT2D eigenvalue weighted by molar-refractivity contribution is -0.116. The molecule has 0 saturated carbocycles. The van der Waals surface area contributed by atoms with Crippen LogP contribution in [-0.4, -0.2) is 5.91 Å². The third-order valence-corrected chi connectivity index (χ3v) is 3.96. The predicted octanol–water partition coefficient (Wildman–Crippen LogP) is 3.94. The first-order valence-electron chi connectivity index (χ1n) is 6.36. The van der Waals surface area contributed by atoms with Crippen molar-refractivity contribution in [2.45, 2.75) is 25.1 Å². The second-order valence-corrected chi connectivity index (χ2v) is 5.35. The average Bonchev–Trinajstić information content (AvgIpc) is 2.83. The van der Waals surface area contributed by atoms with Crippen molar-refractivity contribution in [3.63, 3.8) is 0 Å². The van der Waals surface area contributed by atoms with Crippen LogP contribution in [0.2, 0.25) is 0 Å². The normalized spacial score (nSPS) is 15.7. The van der Waals surface area contributed by atoms with E-state index < -0.39 is 11.2 Å². The van der Waals surface area contributed by atoms with Crippen molar-refractivity contribution in [3.8, 4) is 0 Å². The summed E-state index contributed by atoms with van der Waals surface area (Å²) in [6.07, 6.45) is 2.54. The Bertz CT molecular complexity index is 681. The summed E-state index contributed by atoms with van der Waals surface area (Å²) in [5, 5.41) is 1.99. The number of hydrogen-bond donors (Lipinski definition) is 1. The van der Waals surface area contributed by atoms with Crippen molar-refractivity contribution in [2.24, 2.45) is 0 Å². The van der Waals surface area contributed by atoms with Crippen molar-refractivity contribution in [1.82, 2.24) is 0 Å². The van der Waals surface area contributed by atoms with Crippen LogP contribution in [0.4, 0.5) is 10.1 Å². The van der Waals surface area contributed by atoms with Gasteiger partial charge in [-0.25, -0.2) is 4.39 Å². The van der Waals surface area contributed by atoms with Gasteiger partial charge in [0.1, 0.15) is 17.0 Å². The van der Waals surface area contributed by atoms with Crippen molar-refractivity contribution in [2.75, 3.05) is 5.32 Å². The zero-order chi connectivity index (χ0) is 14.3. The fourth-order valence-corrected chi connectivity index (χ4v) is 2.79. The van der Waals surface area contributed by atoms with Gasteiger partial charge in [0.2, 0.25) is 5.91 Å². The minimum atomic E-state index is -0.673. The number of furan rings is 1. The minimum absolute atomic E-state index is 0.0889. The number of amides is 1. The summed E-state index contributed by atoms with van der Waals surface area (Å²) in [7, 11) is 0. The summed E-state index contributed by atoms with van der Waals surface area (Å²) in [6, 6.07) is 4.83. The highest BCUT2D eigenvalue weighted by Gasteiger charge is 2.24. The second-order valence-electron chi connectivity index (χ2n) is 4.91. The van der Waals surface area contributed by atoms with E-state index in [1.54, 1.807) is 12.1 Å². The van der Waals surface area contributed by atoms with E-state index in [2.05, 4.69) is 5.32 Å². The van der Waals surface area contributed by atoms with E-state index in [9.17, 15) is 9.18 Å². The highest BCUT2D eigenvalue weighted by atomic mass is 35.5. The number of aryl methyl sites for hydroxylation is 2. The van der Waals surface area contributed by atoms with Gasteiger partial charge in [0.25, 0.3) is 0 Å². The van der Waals surface area contributed by atoms with Gasteiger partial charge in [0.15, 0.2) is 0 Å². The molecule has 1 aromatic carbocycles. The van der Waals surface area contributed by atoms with Crippen LogP contribution in [0.15, 0.2) is 28.9 Å². The highest BCUT2D eigenvalue weighted by Crippen LogP contribution is 2.36. The van der Waals surface area contributed by atoms with E-state index in [1.165, 1.54) is 12.3 Å². The largest absolute Gasteiger partial charge is 0.467 e. The second kappa shape index (κ2) is 4.94. The molecule has 104 valence electrons. The number of fused-ring (bicyclic) bond motifs is 1. The molecular weight excluding hydrogens is 281 g/mol. The van der Waals surface area contributed by atoms with Crippen molar-refractivity contribution in [1.29, 1.82) is 0 Å². The first-order chi connectivity index (χ1) is 9.56. The van der Waals surface area contributed by atoms with E-state index in [1.807, 2.05) is 6.92 Å². The van der Waals surface area contributed by atoms with Gasteiger partial charge in [0, 0.05) is 17.7 Å². The molecule has 0 saturated heterocycles. The molecular formula is C15H13ClFNO2. The molecule has 0 spiro atoms. The SMILES string of the molecule is Cc1ccoc1C(Cl)c1cc2c(cc1F)NC(=O)CC2. The summed E-state index contributed by atoms with van der Waals surface area (Å²) in [4.78, 5) is 11.3. The predicted molar refractivity (Wildman–Crippen MR) is 74.5 cm³/mol. The molecule has 1 unspecified atom stereocenters. The zero-order valence-electron chi connectivity index (χ0n) is 10.9. The van der Waals surface area contributed by atoms with E-state index >= 15 is 0 Å². The molecule has 1 aromatic heterocycles. The Balaban J connectivity index is 2.02. The van der Waals surface area contributed by atoms with Crippen molar-refractivity contribution < 1.29 is 13.6 Å². The monoisotopic (exact) mass is 293 g/mol. The number of carbonyl (C=O) groups excluding carboxylic acids is 1. The maximum Gasteiger partial charge on any atom is 0.224 e. The van der Waals surface area contributed by atoms with Gasteiger partial charge in [-0.3, -0.25) is 4.79 Å². The van der Waals surface area contributed by atoms with E-state index in [-0.39, 0.29) is 5.91 Å². The van der Waals surface area contributed by atoms with Gasteiger partial charge in [0.05, 0.1) is 6.26 Å². The lowest BCUT2D eigenvalue weighted by Crippen LogP contribution is -2.19. The molecule has 0 radical (unpaired) electrons. The summed E-state index contributed by atoms with van der Waals surface area (Å²) in [6.45, 7) is 1.87. The Kier molecular flexibility index (Phi) is 3.26. The van der Waals surface area contributed by atoms with E-state index in [4.69, 9.17) is 16.0 Å². The summed E-state index contributed by atoms with van der Waals surface area (Å²) >= 11 is 6.33. The molecule has 20 heavy (non-hydrogen) atoms. The zero-order valence-corrected chi connectivity index (χ0v) is 11.6. The standard InChI is InChI=1S/C15H13ClFNO2/c1-8-4-5-20-15(8)14(16)10-6-9-2-3-13(19)18-12(9)7-11(10)17/h4-7,14H,2-3H2,1H3,(H,18,19). The number of hydrogen-bond acceptors (Lipinski definition) is 2. The number of alkyl halides is 1. The molecule has 1 atom stereocenters. The Morgan fingerprint density at radius 1 is 1.40 bits per heavy atom. The first kappa shape index (κ1) is 13.2. The Hall–Kier alpha value is -1.81. The Morgan fingerprint density at radius 2 is 2.20 bits per heavy atom. The number of rotatable bonds is 2. The van der Waals surface area contributed by atoms with Crippen LogP contribution in [-0.2, 0) is 11.2 Å². The van der Waals surface area contributed by atoms with Crippen LogP contribution in [0.25, 0.3) is 0 Å². The smallest absolute Gasteiger partial charge is 0.224 e. The molecule has 2 aromatic rings. The molecule has 1 aliphatic heterocycles. The number of benzene rings is 1. The highest BCUT2D eigenvalue weighted by molar-refractivity contribution is 6.22. The van der Waals surface area contributed by atoms with E-state index in [0.717, 1.165) is 11.1 Å². The summed E-state index contributed by atoms with van der Waals surface area (Å²) in [5.41, 5.74) is 2.69. The number of halogens is 2. The quantitative estimate of drug-likeness (QED) is 0.852. The van der Waals surface area contributed by atoms with Crippen LogP contribution in [0.3, 0.4) is 0 Å². The topological polar surface area (TPSA) is 42.2 Å². The van der Waals surface area contributed by atoms with Gasteiger partial charge in [-0.1, -0.05) is 0 Å². The molecule has 3 rings (SSSR count). The van der Waals surface area contributed by atoms with Crippen LogP contribution >= 0.6 is 11.6 Å². The first-order valence-corrected chi connectivity index (χ1v) is 6.80. The van der Waals surface area contributed by atoms with Crippen molar-refractivity contribution in [3.05, 3.63) is 52.7 Å². The van der Waals surface area contributed by atoms with Gasteiger partial charge < -0.3 is 9.73 Å². The lowest BCUT2D eigenvalue weighted by atomic mass is 9.97. The fourth-order valence-electron chi connectivity index (χ4n) is 2.40. The minimum Gasteiger partial charge on any atom is -0.467 e. The number of anilines is 1. The van der Waals surface area contributed by atoms with Gasteiger partial charge in [-0.15, -0.1) is 11.6 Å². The molecule has 5 heteroatoms. The fraction of sp³-hybridized carbons (Fsp3) is 0.267. The van der Waals surface area contributed by atoms with Crippen LogP contribution in [0, 0.1) is 12.7 Å². The van der Waals surface area contributed by atoms with Crippen LogP contribution < -0.4 is 5.32 Å². The molecule has 0 fully saturated rings. The third kappa shape index (κ3) is 2.20.